The number of nitrogens with two attached hydrogens (primary N) is 1. The number of hydrogen-bond acceptors (Lipinski definition) is 3. The zero-order valence-electron chi connectivity index (χ0n) is 14.1. The summed E-state index contributed by atoms with van der Waals surface area (Å²) in [6, 6.07) is 4.19. The first-order chi connectivity index (χ1) is 10.1. The van der Waals surface area contributed by atoms with Crippen molar-refractivity contribution in [1.82, 2.24) is 9.88 Å². The van der Waals surface area contributed by atoms with Crippen molar-refractivity contribution in [2.75, 3.05) is 20.1 Å². The topological polar surface area (TPSA) is 42.1 Å². The summed E-state index contributed by atoms with van der Waals surface area (Å²) < 4.78 is 0. The molecule has 0 saturated heterocycles. The lowest BCUT2D eigenvalue weighted by Crippen LogP contribution is -2.50. The van der Waals surface area contributed by atoms with Gasteiger partial charge in [0, 0.05) is 31.0 Å². The lowest BCUT2D eigenvalue weighted by Gasteiger charge is -2.38. The summed E-state index contributed by atoms with van der Waals surface area (Å²) in [6.45, 7) is 6.34. The van der Waals surface area contributed by atoms with Crippen LogP contribution in [0.15, 0.2) is 24.5 Å². The Morgan fingerprint density at radius 1 is 1.14 bits per heavy atom. The van der Waals surface area contributed by atoms with Crippen LogP contribution in [0.2, 0.25) is 0 Å². The average Bonchev–Trinajstić information content (AvgIpc) is 2.53. The van der Waals surface area contributed by atoms with Gasteiger partial charge in [0.05, 0.1) is 0 Å². The third-order valence-electron chi connectivity index (χ3n) is 4.67. The van der Waals surface area contributed by atoms with Gasteiger partial charge in [-0.1, -0.05) is 39.0 Å². The second-order valence-electron chi connectivity index (χ2n) is 6.39. The van der Waals surface area contributed by atoms with Crippen molar-refractivity contribution in [2.24, 2.45) is 5.73 Å². The molecule has 2 N–H and O–H groups in total. The third kappa shape index (κ3) is 6.58. The Morgan fingerprint density at radius 2 is 1.81 bits per heavy atom. The van der Waals surface area contributed by atoms with E-state index in [0.717, 1.165) is 19.5 Å². The Morgan fingerprint density at radius 3 is 2.43 bits per heavy atom. The lowest BCUT2D eigenvalue weighted by atomic mass is 9.92. The standard InChI is InChI=1S/C18H33N3/c1-4-5-6-7-8-12-18(2,16-19)21(3)15-11-17-9-13-20-14-10-17/h9-10,13-14H,4-8,11-12,15-16,19H2,1-3H3. The van der Waals surface area contributed by atoms with E-state index in [2.05, 4.69) is 42.9 Å². The first-order valence-electron chi connectivity index (χ1n) is 8.42. The molecule has 1 heterocycles. The highest BCUT2D eigenvalue weighted by Crippen LogP contribution is 2.21. The molecule has 21 heavy (non-hydrogen) atoms. The van der Waals surface area contributed by atoms with Crippen molar-refractivity contribution in [1.29, 1.82) is 0 Å². The summed E-state index contributed by atoms with van der Waals surface area (Å²) in [7, 11) is 2.21. The van der Waals surface area contributed by atoms with Crippen molar-refractivity contribution in [3.8, 4) is 0 Å². The van der Waals surface area contributed by atoms with Gasteiger partial charge < -0.3 is 5.73 Å². The van der Waals surface area contributed by atoms with E-state index in [9.17, 15) is 0 Å². The molecule has 0 aromatic carbocycles. The number of likely N-dealkylation sites (N-methyl/N-ethyl adjacent to an activating group) is 1. The molecular weight excluding hydrogens is 258 g/mol. The van der Waals surface area contributed by atoms with Gasteiger partial charge in [-0.05, 0) is 44.5 Å². The minimum atomic E-state index is 0.124. The number of nitrogens with zero attached hydrogens (tertiary/aromatic N) is 2. The Bertz CT molecular complexity index is 366. The fraction of sp³-hybridized carbons (Fsp3) is 0.722. The smallest absolute Gasteiger partial charge is 0.0300 e. The number of aromatic nitrogens is 1. The van der Waals surface area contributed by atoms with Crippen molar-refractivity contribution in [2.45, 2.75) is 64.3 Å². The molecule has 3 heteroatoms. The molecule has 1 rings (SSSR count). The van der Waals surface area contributed by atoms with Gasteiger partial charge in [0.25, 0.3) is 0 Å². The Kier molecular flexibility index (Phi) is 8.55. The predicted molar refractivity (Wildman–Crippen MR) is 91.4 cm³/mol. The zero-order chi connectivity index (χ0) is 15.6. The number of rotatable bonds is 11. The van der Waals surface area contributed by atoms with Crippen molar-refractivity contribution < 1.29 is 0 Å². The van der Waals surface area contributed by atoms with E-state index in [0.29, 0.717) is 0 Å². The fourth-order valence-corrected chi connectivity index (χ4v) is 2.67. The molecule has 0 saturated carbocycles. The van der Waals surface area contributed by atoms with Crippen LogP contribution < -0.4 is 5.73 Å². The van der Waals surface area contributed by atoms with Crippen LogP contribution in [0.1, 0.15) is 57.9 Å². The van der Waals surface area contributed by atoms with Gasteiger partial charge in [0.2, 0.25) is 0 Å². The first kappa shape index (κ1) is 18.1. The molecule has 120 valence electrons. The van der Waals surface area contributed by atoms with Crippen LogP contribution in [0.25, 0.3) is 0 Å². The Balaban J connectivity index is 2.37. The summed E-state index contributed by atoms with van der Waals surface area (Å²) in [4.78, 5) is 6.51. The van der Waals surface area contributed by atoms with E-state index in [-0.39, 0.29) is 5.54 Å². The van der Waals surface area contributed by atoms with Crippen molar-refractivity contribution in [3.63, 3.8) is 0 Å². The summed E-state index contributed by atoms with van der Waals surface area (Å²) in [6.07, 6.45) is 12.6. The fourth-order valence-electron chi connectivity index (χ4n) is 2.67. The van der Waals surface area contributed by atoms with Crippen molar-refractivity contribution in [3.05, 3.63) is 30.1 Å². The molecular formula is C18H33N3. The van der Waals surface area contributed by atoms with Crippen LogP contribution in [-0.2, 0) is 6.42 Å². The van der Waals surface area contributed by atoms with E-state index < -0.39 is 0 Å². The quantitative estimate of drug-likeness (QED) is 0.633. The van der Waals surface area contributed by atoms with Gasteiger partial charge in [0.1, 0.15) is 0 Å². The molecule has 0 aliphatic heterocycles. The Labute approximate surface area is 130 Å². The van der Waals surface area contributed by atoms with E-state index in [1.807, 2.05) is 12.4 Å². The van der Waals surface area contributed by atoms with E-state index in [1.165, 1.54) is 44.1 Å². The van der Waals surface area contributed by atoms with Crippen LogP contribution >= 0.6 is 0 Å². The molecule has 0 spiro atoms. The third-order valence-corrected chi connectivity index (χ3v) is 4.67. The maximum atomic E-state index is 6.07. The van der Waals surface area contributed by atoms with Gasteiger partial charge in [0.15, 0.2) is 0 Å². The van der Waals surface area contributed by atoms with Crippen LogP contribution in [0, 0.1) is 0 Å². The molecule has 0 bridgehead atoms. The molecule has 0 aliphatic rings. The van der Waals surface area contributed by atoms with Gasteiger partial charge >= 0.3 is 0 Å². The minimum absolute atomic E-state index is 0.124. The molecule has 0 amide bonds. The normalized spacial score (nSPS) is 14.3. The second-order valence-corrected chi connectivity index (χ2v) is 6.39. The van der Waals surface area contributed by atoms with Crippen LogP contribution in [0.3, 0.4) is 0 Å². The van der Waals surface area contributed by atoms with Crippen molar-refractivity contribution >= 4 is 0 Å². The molecule has 3 nitrogen and oxygen atoms in total. The largest absolute Gasteiger partial charge is 0.329 e. The molecule has 0 radical (unpaired) electrons. The monoisotopic (exact) mass is 291 g/mol. The van der Waals surface area contributed by atoms with E-state index in [4.69, 9.17) is 5.73 Å². The predicted octanol–water partition coefficient (Wildman–Crippen LogP) is 3.63. The molecule has 1 aromatic heterocycles. The minimum Gasteiger partial charge on any atom is -0.329 e. The first-order valence-corrected chi connectivity index (χ1v) is 8.42. The summed E-state index contributed by atoms with van der Waals surface area (Å²) >= 11 is 0. The van der Waals surface area contributed by atoms with Gasteiger partial charge in [-0.3, -0.25) is 9.88 Å². The highest BCUT2D eigenvalue weighted by atomic mass is 15.2. The average molecular weight is 291 g/mol. The summed E-state index contributed by atoms with van der Waals surface area (Å²) in [5.41, 5.74) is 7.54. The van der Waals surface area contributed by atoms with Gasteiger partial charge in [-0.15, -0.1) is 0 Å². The van der Waals surface area contributed by atoms with E-state index in [1.54, 1.807) is 0 Å². The number of unbranched alkanes of at least 4 members (excludes halogenated alkanes) is 4. The Hall–Kier alpha value is -0.930. The maximum absolute atomic E-state index is 6.07. The number of hydrogen-bond donors (Lipinski definition) is 1. The summed E-state index contributed by atoms with van der Waals surface area (Å²) in [5.74, 6) is 0. The maximum Gasteiger partial charge on any atom is 0.0300 e. The SMILES string of the molecule is CCCCCCCC(C)(CN)N(C)CCc1ccncc1. The van der Waals surface area contributed by atoms with Crippen LogP contribution in [0.4, 0.5) is 0 Å². The van der Waals surface area contributed by atoms with Gasteiger partial charge in [-0.25, -0.2) is 0 Å². The summed E-state index contributed by atoms with van der Waals surface area (Å²) in [5, 5.41) is 0. The van der Waals surface area contributed by atoms with Crippen LogP contribution in [-0.4, -0.2) is 35.6 Å². The molecule has 1 aromatic rings. The second kappa shape index (κ2) is 9.91. The van der Waals surface area contributed by atoms with Gasteiger partial charge in [-0.2, -0.15) is 0 Å². The molecule has 1 atom stereocenters. The lowest BCUT2D eigenvalue weighted by molar-refractivity contribution is 0.132. The molecule has 1 unspecified atom stereocenters. The molecule has 0 fully saturated rings. The highest BCUT2D eigenvalue weighted by molar-refractivity contribution is 5.10. The number of pyridine rings is 1. The molecule has 0 aliphatic carbocycles. The zero-order valence-corrected chi connectivity index (χ0v) is 14.1. The van der Waals surface area contributed by atoms with E-state index >= 15 is 0 Å². The highest BCUT2D eigenvalue weighted by Gasteiger charge is 2.26. The van der Waals surface area contributed by atoms with Crippen LogP contribution in [0.5, 0.6) is 0 Å².